The molecule has 0 aliphatic carbocycles. The molecule has 0 aromatic carbocycles. The van der Waals surface area contributed by atoms with Crippen molar-refractivity contribution in [3.05, 3.63) is 5.82 Å². The fourth-order valence-electron chi connectivity index (χ4n) is 1.97. The van der Waals surface area contributed by atoms with Gasteiger partial charge in [0.1, 0.15) is 5.82 Å². The molecule has 0 spiro atoms. The number of rotatable bonds is 6. The molecule has 0 amide bonds. The van der Waals surface area contributed by atoms with Crippen LogP contribution in [0.4, 0.5) is 5.13 Å². The van der Waals surface area contributed by atoms with E-state index in [1.54, 1.807) is 7.11 Å². The van der Waals surface area contributed by atoms with Gasteiger partial charge in [-0.2, -0.15) is 4.37 Å². The predicted octanol–water partition coefficient (Wildman–Crippen LogP) is -0.159. The molecule has 18 heavy (non-hydrogen) atoms. The van der Waals surface area contributed by atoms with Gasteiger partial charge in [0, 0.05) is 57.8 Å². The third-order valence-electron chi connectivity index (χ3n) is 3.05. The number of hydrogen-bond acceptors (Lipinski definition) is 7. The molecule has 1 aliphatic rings. The minimum Gasteiger partial charge on any atom is -0.395 e. The van der Waals surface area contributed by atoms with Crippen molar-refractivity contribution in [3.63, 3.8) is 0 Å². The first-order valence-corrected chi connectivity index (χ1v) is 7.00. The largest absolute Gasteiger partial charge is 0.395 e. The van der Waals surface area contributed by atoms with Crippen LogP contribution in [0.1, 0.15) is 5.82 Å². The van der Waals surface area contributed by atoms with E-state index in [9.17, 15) is 0 Å². The molecule has 1 aromatic heterocycles. The van der Waals surface area contributed by atoms with Crippen LogP contribution in [-0.2, 0) is 11.2 Å². The monoisotopic (exact) mass is 272 g/mol. The normalized spacial score (nSPS) is 17.3. The molecular weight excluding hydrogens is 252 g/mol. The zero-order valence-electron chi connectivity index (χ0n) is 10.7. The van der Waals surface area contributed by atoms with Crippen LogP contribution in [0.2, 0.25) is 0 Å². The molecule has 0 unspecified atom stereocenters. The van der Waals surface area contributed by atoms with Crippen LogP contribution in [-0.4, -0.2) is 72.4 Å². The van der Waals surface area contributed by atoms with Crippen LogP contribution in [0.5, 0.6) is 0 Å². The zero-order valence-corrected chi connectivity index (χ0v) is 11.5. The van der Waals surface area contributed by atoms with Gasteiger partial charge in [-0.3, -0.25) is 4.90 Å². The Bertz CT molecular complexity index is 353. The van der Waals surface area contributed by atoms with Gasteiger partial charge in [0.2, 0.25) is 5.13 Å². The van der Waals surface area contributed by atoms with Crippen LogP contribution in [0.25, 0.3) is 0 Å². The Labute approximate surface area is 111 Å². The number of methoxy groups -OCH3 is 1. The second kappa shape index (κ2) is 6.98. The van der Waals surface area contributed by atoms with Crippen LogP contribution in [0.3, 0.4) is 0 Å². The van der Waals surface area contributed by atoms with Crippen molar-refractivity contribution in [2.75, 3.05) is 57.9 Å². The molecule has 7 heteroatoms. The third kappa shape index (κ3) is 3.61. The second-order valence-electron chi connectivity index (χ2n) is 4.29. The number of hydrogen-bond donors (Lipinski definition) is 1. The van der Waals surface area contributed by atoms with Gasteiger partial charge < -0.3 is 14.7 Å². The van der Waals surface area contributed by atoms with Gasteiger partial charge in [0.15, 0.2) is 0 Å². The SMILES string of the molecule is COCCc1nsc(N2CCN(CCO)CC2)n1. The molecule has 1 N–H and O–H groups in total. The van der Waals surface area contributed by atoms with E-state index in [-0.39, 0.29) is 6.61 Å². The molecule has 102 valence electrons. The van der Waals surface area contributed by atoms with Gasteiger partial charge in [-0.05, 0) is 0 Å². The molecule has 2 rings (SSSR count). The minimum atomic E-state index is 0.236. The van der Waals surface area contributed by atoms with Gasteiger partial charge >= 0.3 is 0 Å². The lowest BCUT2D eigenvalue weighted by atomic mass is 10.3. The Morgan fingerprint density at radius 1 is 1.33 bits per heavy atom. The lowest BCUT2D eigenvalue weighted by Gasteiger charge is -2.33. The Morgan fingerprint density at radius 2 is 2.11 bits per heavy atom. The van der Waals surface area contributed by atoms with Crippen LogP contribution in [0, 0.1) is 0 Å². The van der Waals surface area contributed by atoms with Gasteiger partial charge in [-0.1, -0.05) is 0 Å². The quantitative estimate of drug-likeness (QED) is 0.776. The molecule has 0 bridgehead atoms. The van der Waals surface area contributed by atoms with Gasteiger partial charge in [0.05, 0.1) is 13.2 Å². The minimum absolute atomic E-state index is 0.236. The average molecular weight is 272 g/mol. The summed E-state index contributed by atoms with van der Waals surface area (Å²) in [5, 5.41) is 9.90. The molecular formula is C11H20N4O2S. The first-order valence-electron chi connectivity index (χ1n) is 6.23. The summed E-state index contributed by atoms with van der Waals surface area (Å²) in [4.78, 5) is 9.06. The number of β-amino-alcohol motifs (C(OH)–C–C–N with tert-alkyl or cyclic N) is 1. The number of aromatic nitrogens is 2. The number of anilines is 1. The summed E-state index contributed by atoms with van der Waals surface area (Å²) in [7, 11) is 1.69. The maximum Gasteiger partial charge on any atom is 0.205 e. The zero-order chi connectivity index (χ0) is 12.8. The summed E-state index contributed by atoms with van der Waals surface area (Å²) >= 11 is 1.46. The Hall–Kier alpha value is -0.760. The van der Waals surface area contributed by atoms with Crippen LogP contribution >= 0.6 is 11.5 Å². The number of nitrogens with zero attached hydrogens (tertiary/aromatic N) is 4. The fourth-order valence-corrected chi connectivity index (χ4v) is 2.74. The molecule has 1 saturated heterocycles. The number of aliphatic hydroxyl groups excluding tert-OH is 1. The first kappa shape index (κ1) is 13.7. The lowest BCUT2D eigenvalue weighted by Crippen LogP contribution is -2.47. The van der Waals surface area contributed by atoms with E-state index in [4.69, 9.17) is 9.84 Å². The highest BCUT2D eigenvalue weighted by Gasteiger charge is 2.19. The maximum atomic E-state index is 8.90. The van der Waals surface area contributed by atoms with Crippen molar-refractivity contribution in [2.45, 2.75) is 6.42 Å². The highest BCUT2D eigenvalue weighted by atomic mass is 32.1. The van der Waals surface area contributed by atoms with E-state index in [1.165, 1.54) is 11.5 Å². The van der Waals surface area contributed by atoms with E-state index < -0.39 is 0 Å². The van der Waals surface area contributed by atoms with E-state index in [0.29, 0.717) is 6.61 Å². The maximum absolute atomic E-state index is 8.90. The number of piperazine rings is 1. The first-order chi connectivity index (χ1) is 8.83. The molecule has 0 saturated carbocycles. The van der Waals surface area contributed by atoms with Crippen molar-refractivity contribution in [3.8, 4) is 0 Å². The molecule has 1 aliphatic heterocycles. The van der Waals surface area contributed by atoms with Crippen LogP contribution < -0.4 is 4.90 Å². The standard InChI is InChI=1S/C11H20N4O2S/c1-17-9-2-10-12-11(18-13-10)15-5-3-14(4-6-15)7-8-16/h16H,2-9H2,1H3. The Balaban J connectivity index is 1.83. The number of aliphatic hydroxyl groups is 1. The van der Waals surface area contributed by atoms with Crippen molar-refractivity contribution in [2.24, 2.45) is 0 Å². The predicted molar refractivity (Wildman–Crippen MR) is 71.2 cm³/mol. The summed E-state index contributed by atoms with van der Waals surface area (Å²) in [5.74, 6) is 0.870. The molecule has 0 atom stereocenters. The molecule has 0 radical (unpaired) electrons. The molecule has 1 fully saturated rings. The van der Waals surface area contributed by atoms with Gasteiger partial charge in [0.25, 0.3) is 0 Å². The van der Waals surface area contributed by atoms with Gasteiger partial charge in [-0.15, -0.1) is 0 Å². The Kier molecular flexibility index (Phi) is 5.30. The molecule has 6 nitrogen and oxygen atoms in total. The average Bonchev–Trinajstić information content (AvgIpc) is 2.86. The number of ether oxygens (including phenoxy) is 1. The molecule has 2 heterocycles. The van der Waals surface area contributed by atoms with Crippen molar-refractivity contribution < 1.29 is 9.84 Å². The fraction of sp³-hybridized carbons (Fsp3) is 0.818. The van der Waals surface area contributed by atoms with Crippen molar-refractivity contribution in [1.29, 1.82) is 0 Å². The summed E-state index contributed by atoms with van der Waals surface area (Å²) in [6.45, 7) is 5.54. The van der Waals surface area contributed by atoms with E-state index in [2.05, 4.69) is 19.2 Å². The molecule has 1 aromatic rings. The van der Waals surface area contributed by atoms with Gasteiger partial charge in [-0.25, -0.2) is 4.98 Å². The lowest BCUT2D eigenvalue weighted by molar-refractivity contribution is 0.188. The van der Waals surface area contributed by atoms with Crippen molar-refractivity contribution in [1.82, 2.24) is 14.3 Å². The van der Waals surface area contributed by atoms with E-state index in [1.807, 2.05) is 0 Å². The highest BCUT2D eigenvalue weighted by molar-refractivity contribution is 7.09. The topological polar surface area (TPSA) is 61.7 Å². The second-order valence-corrected chi connectivity index (χ2v) is 5.02. The van der Waals surface area contributed by atoms with Crippen molar-refractivity contribution >= 4 is 16.7 Å². The van der Waals surface area contributed by atoms with E-state index >= 15 is 0 Å². The van der Waals surface area contributed by atoms with Crippen LogP contribution in [0.15, 0.2) is 0 Å². The smallest absolute Gasteiger partial charge is 0.205 e. The summed E-state index contributed by atoms with van der Waals surface area (Å²) < 4.78 is 9.36. The highest BCUT2D eigenvalue weighted by Crippen LogP contribution is 2.19. The summed E-state index contributed by atoms with van der Waals surface area (Å²) in [6.07, 6.45) is 0.775. The summed E-state index contributed by atoms with van der Waals surface area (Å²) in [5.41, 5.74) is 0. The van der Waals surface area contributed by atoms with E-state index in [0.717, 1.165) is 50.1 Å². The third-order valence-corrected chi connectivity index (χ3v) is 3.86. The summed E-state index contributed by atoms with van der Waals surface area (Å²) in [6, 6.07) is 0. The Morgan fingerprint density at radius 3 is 2.78 bits per heavy atom.